The van der Waals surface area contributed by atoms with E-state index in [4.69, 9.17) is 26.2 Å². The zero-order valence-corrected chi connectivity index (χ0v) is 22.0. The van der Waals surface area contributed by atoms with Crippen molar-refractivity contribution in [1.29, 1.82) is 0 Å². The lowest BCUT2D eigenvalue weighted by molar-refractivity contribution is -0.145. The van der Waals surface area contributed by atoms with Gasteiger partial charge in [-0.3, -0.25) is 14.3 Å². The van der Waals surface area contributed by atoms with E-state index in [1.54, 1.807) is 67.6 Å². The van der Waals surface area contributed by atoms with Gasteiger partial charge in [0, 0.05) is 23.8 Å². The number of pyridine rings is 1. The number of carbonyl (C=O) groups is 1. The van der Waals surface area contributed by atoms with E-state index in [1.165, 1.54) is 17.9 Å². The Kier molecular flexibility index (Phi) is 8.74. The van der Waals surface area contributed by atoms with Crippen LogP contribution in [-0.2, 0) is 29.2 Å². The van der Waals surface area contributed by atoms with Crippen LogP contribution in [0.2, 0.25) is 5.02 Å². The van der Waals surface area contributed by atoms with E-state index >= 15 is 0 Å². The number of halogens is 1. The highest BCUT2D eigenvalue weighted by atomic mass is 35.5. The molecule has 12 heteroatoms. The van der Waals surface area contributed by atoms with E-state index in [2.05, 4.69) is 15.0 Å². The fourth-order valence-electron chi connectivity index (χ4n) is 3.66. The molecule has 4 rings (SSSR count). The van der Waals surface area contributed by atoms with Crippen LogP contribution in [0.3, 0.4) is 0 Å². The van der Waals surface area contributed by atoms with E-state index in [1.807, 2.05) is 0 Å². The number of H-pyrrole nitrogens is 1. The first kappa shape index (κ1) is 27.6. The van der Waals surface area contributed by atoms with Crippen molar-refractivity contribution in [2.24, 2.45) is 10.9 Å². The van der Waals surface area contributed by atoms with Crippen LogP contribution in [0, 0.1) is 5.92 Å². The highest BCUT2D eigenvalue weighted by molar-refractivity contribution is 6.30. The Hall–Kier alpha value is -4.48. The number of benzene rings is 2. The lowest BCUT2D eigenvalue weighted by Crippen LogP contribution is -2.51. The summed E-state index contributed by atoms with van der Waals surface area (Å²) in [5.74, 6) is -0.414. The second kappa shape index (κ2) is 12.4. The lowest BCUT2D eigenvalue weighted by atomic mass is 10.2. The summed E-state index contributed by atoms with van der Waals surface area (Å²) in [4.78, 5) is 49.5. The number of nitrogens with zero attached hydrogens (tertiary/aromatic N) is 4. The zero-order valence-electron chi connectivity index (χ0n) is 21.2. The van der Waals surface area contributed by atoms with Crippen LogP contribution in [0.25, 0.3) is 0 Å². The third-order valence-corrected chi connectivity index (χ3v) is 6.02. The number of methoxy groups -OCH3 is 1. The molecule has 2 heterocycles. The largest absolute Gasteiger partial charge is 0.469 e. The zero-order chi connectivity index (χ0) is 27.9. The number of hydrogen-bond donors (Lipinski definition) is 2. The number of carbonyl (C=O) groups excluding carboxylic acids is 1. The second-order valence-electron chi connectivity index (χ2n) is 8.65. The maximum absolute atomic E-state index is 13.4. The van der Waals surface area contributed by atoms with Crippen molar-refractivity contribution in [1.82, 2.24) is 19.1 Å². The van der Waals surface area contributed by atoms with Crippen molar-refractivity contribution < 1.29 is 19.4 Å². The Morgan fingerprint density at radius 2 is 1.74 bits per heavy atom. The number of ether oxygens (including phenoxy) is 2. The Morgan fingerprint density at radius 1 is 1.05 bits per heavy atom. The standard InChI is InChI=1S/C27H26ClN5O6/c1-17(24(35)38-2)14-33-26(36)31-25(32(27(33)37)15-18-3-6-20(28)7-4-18)30-21-8-10-22(11-9-21)39-23-12-5-19(16-34)13-29-23/h3-13,17,34H,14-16H2,1-2H3,(H,30,31,36)/t17-/m0/s1. The number of nitrogens with one attached hydrogen (secondary N) is 1. The van der Waals surface area contributed by atoms with Gasteiger partial charge in [0.05, 0.1) is 31.9 Å². The Bertz CT molecular complexity index is 1620. The Morgan fingerprint density at radius 3 is 2.36 bits per heavy atom. The topological polar surface area (TPSA) is 141 Å². The van der Waals surface area contributed by atoms with Gasteiger partial charge in [-0.2, -0.15) is 0 Å². The van der Waals surface area contributed by atoms with Gasteiger partial charge in [0.25, 0.3) is 0 Å². The lowest BCUT2D eigenvalue weighted by Gasteiger charge is -2.14. The summed E-state index contributed by atoms with van der Waals surface area (Å²) >= 11 is 6.00. The molecule has 0 unspecified atom stereocenters. The van der Waals surface area contributed by atoms with Gasteiger partial charge in [-0.25, -0.2) is 24.1 Å². The molecular weight excluding hydrogens is 526 g/mol. The summed E-state index contributed by atoms with van der Waals surface area (Å²) in [5.41, 5.74) is 0.545. The van der Waals surface area contributed by atoms with Gasteiger partial charge < -0.3 is 14.6 Å². The molecule has 202 valence electrons. The van der Waals surface area contributed by atoms with Gasteiger partial charge in [0.1, 0.15) is 5.75 Å². The maximum atomic E-state index is 13.4. The van der Waals surface area contributed by atoms with Crippen LogP contribution in [0.4, 0.5) is 5.69 Å². The van der Waals surface area contributed by atoms with Gasteiger partial charge in [0.15, 0.2) is 0 Å². The minimum atomic E-state index is -0.720. The van der Waals surface area contributed by atoms with Crippen molar-refractivity contribution in [3.63, 3.8) is 0 Å². The molecular formula is C27H26ClN5O6. The van der Waals surface area contributed by atoms with Crippen LogP contribution in [0.5, 0.6) is 11.6 Å². The first-order chi connectivity index (χ1) is 18.8. The number of esters is 1. The molecule has 0 saturated carbocycles. The summed E-state index contributed by atoms with van der Waals surface area (Å²) in [6.07, 6.45) is 1.52. The Labute approximate surface area is 227 Å². The van der Waals surface area contributed by atoms with Gasteiger partial charge in [-0.15, -0.1) is 0 Å². The predicted octanol–water partition coefficient (Wildman–Crippen LogP) is 2.76. The summed E-state index contributed by atoms with van der Waals surface area (Å²) in [6, 6.07) is 16.9. The average Bonchev–Trinajstić information content (AvgIpc) is 2.95. The summed E-state index contributed by atoms with van der Waals surface area (Å²) in [7, 11) is 1.24. The van der Waals surface area contributed by atoms with Crippen molar-refractivity contribution in [3.8, 4) is 11.6 Å². The fourth-order valence-corrected chi connectivity index (χ4v) is 3.79. The highest BCUT2D eigenvalue weighted by Gasteiger charge is 2.18. The van der Waals surface area contributed by atoms with Crippen molar-refractivity contribution in [2.75, 3.05) is 7.11 Å². The van der Waals surface area contributed by atoms with E-state index in [0.29, 0.717) is 27.9 Å². The molecule has 0 saturated heterocycles. The summed E-state index contributed by atoms with van der Waals surface area (Å²) < 4.78 is 12.7. The van der Waals surface area contributed by atoms with Gasteiger partial charge in [-0.05, 0) is 53.6 Å². The van der Waals surface area contributed by atoms with Gasteiger partial charge >= 0.3 is 17.3 Å². The quantitative estimate of drug-likeness (QED) is 0.305. The predicted molar refractivity (Wildman–Crippen MR) is 143 cm³/mol. The summed E-state index contributed by atoms with van der Waals surface area (Å²) in [6.45, 7) is 1.38. The van der Waals surface area contributed by atoms with Crippen molar-refractivity contribution in [2.45, 2.75) is 26.6 Å². The molecule has 0 fully saturated rings. The van der Waals surface area contributed by atoms with Gasteiger partial charge in [0.2, 0.25) is 11.5 Å². The monoisotopic (exact) mass is 551 g/mol. The SMILES string of the molecule is COC(=O)[C@@H](C)Cn1c(=O)[nH]/c(=N\c2ccc(Oc3ccc(CO)cn3)cc2)n(Cc2ccc(Cl)cc2)c1=O. The van der Waals surface area contributed by atoms with Crippen LogP contribution >= 0.6 is 11.6 Å². The number of aromatic amines is 1. The van der Waals surface area contributed by atoms with E-state index in [9.17, 15) is 14.4 Å². The molecule has 0 aliphatic carbocycles. The van der Waals surface area contributed by atoms with Crippen LogP contribution in [0.1, 0.15) is 18.1 Å². The molecule has 2 aromatic heterocycles. The van der Waals surface area contributed by atoms with Gasteiger partial charge in [-0.1, -0.05) is 30.7 Å². The first-order valence-corrected chi connectivity index (χ1v) is 12.3. The summed E-state index contributed by atoms with van der Waals surface area (Å²) in [5, 5.41) is 9.69. The van der Waals surface area contributed by atoms with Crippen LogP contribution in [-0.4, -0.2) is 37.3 Å². The minimum absolute atomic E-state index is 0.0249. The molecule has 0 bridgehead atoms. The Balaban J connectivity index is 1.70. The molecule has 0 aliphatic heterocycles. The second-order valence-corrected chi connectivity index (χ2v) is 9.09. The molecule has 0 amide bonds. The first-order valence-electron chi connectivity index (χ1n) is 11.9. The molecule has 39 heavy (non-hydrogen) atoms. The highest BCUT2D eigenvalue weighted by Crippen LogP contribution is 2.22. The number of aromatic nitrogens is 4. The fraction of sp³-hybridized carbons (Fsp3) is 0.222. The molecule has 0 aliphatic rings. The number of aliphatic hydroxyl groups excluding tert-OH is 1. The van der Waals surface area contributed by atoms with Crippen LogP contribution in [0.15, 0.2) is 81.4 Å². The van der Waals surface area contributed by atoms with Crippen molar-refractivity contribution >= 4 is 23.3 Å². The van der Waals surface area contributed by atoms with E-state index in [-0.39, 0.29) is 25.3 Å². The molecule has 2 N–H and O–H groups in total. The number of rotatable bonds is 9. The molecule has 1 atom stereocenters. The molecule has 0 radical (unpaired) electrons. The average molecular weight is 552 g/mol. The van der Waals surface area contributed by atoms with E-state index < -0.39 is 23.3 Å². The van der Waals surface area contributed by atoms with Crippen LogP contribution < -0.4 is 21.7 Å². The molecule has 11 nitrogen and oxygen atoms in total. The minimum Gasteiger partial charge on any atom is -0.469 e. The molecule has 4 aromatic rings. The number of aliphatic hydroxyl groups is 1. The molecule has 2 aromatic carbocycles. The maximum Gasteiger partial charge on any atom is 0.335 e. The smallest absolute Gasteiger partial charge is 0.335 e. The van der Waals surface area contributed by atoms with Crippen molar-refractivity contribution in [3.05, 3.63) is 110 Å². The third kappa shape index (κ3) is 6.89. The van der Waals surface area contributed by atoms with E-state index in [0.717, 1.165) is 10.1 Å². The molecule has 0 spiro atoms. The normalized spacial score (nSPS) is 12.3. The number of hydrogen-bond acceptors (Lipinski definition) is 8. The third-order valence-electron chi connectivity index (χ3n) is 5.77.